The van der Waals surface area contributed by atoms with Gasteiger partial charge in [-0.05, 0) is 50.0 Å². The van der Waals surface area contributed by atoms with E-state index in [2.05, 4.69) is 11.4 Å². The van der Waals surface area contributed by atoms with E-state index in [4.69, 9.17) is 11.6 Å². The third kappa shape index (κ3) is 3.71. The normalized spacial score (nSPS) is 21.5. The van der Waals surface area contributed by atoms with Crippen LogP contribution in [-0.2, 0) is 0 Å². The standard InChI is InChI=1S/C12H16ClNS/c13-11-4-1-5-12(7-11)15-9-10-3-2-6-14-8-10/h1,4-5,7,10,14H,2-3,6,8-9H2/t10-/m0/s1. The fourth-order valence-corrected chi connectivity index (χ4v) is 3.19. The summed E-state index contributed by atoms with van der Waals surface area (Å²) in [5.41, 5.74) is 0. The van der Waals surface area contributed by atoms with Crippen molar-refractivity contribution in [2.45, 2.75) is 17.7 Å². The van der Waals surface area contributed by atoms with E-state index in [0.717, 1.165) is 10.9 Å². The second-order valence-electron chi connectivity index (χ2n) is 3.98. The number of hydrogen-bond acceptors (Lipinski definition) is 2. The van der Waals surface area contributed by atoms with Crippen LogP contribution in [0.25, 0.3) is 0 Å². The Kier molecular flexibility index (Phi) is 4.36. The lowest BCUT2D eigenvalue weighted by Gasteiger charge is -2.22. The molecule has 1 heterocycles. The van der Waals surface area contributed by atoms with Crippen molar-refractivity contribution < 1.29 is 0 Å². The van der Waals surface area contributed by atoms with Gasteiger partial charge in [-0.2, -0.15) is 0 Å². The first kappa shape index (κ1) is 11.3. The monoisotopic (exact) mass is 241 g/mol. The molecule has 1 fully saturated rings. The molecular formula is C12H16ClNS. The minimum atomic E-state index is 0.822. The van der Waals surface area contributed by atoms with E-state index >= 15 is 0 Å². The molecule has 1 atom stereocenters. The minimum Gasteiger partial charge on any atom is -0.316 e. The second-order valence-corrected chi connectivity index (χ2v) is 5.51. The zero-order chi connectivity index (χ0) is 10.5. The maximum absolute atomic E-state index is 5.94. The van der Waals surface area contributed by atoms with Gasteiger partial charge in [0.25, 0.3) is 0 Å². The van der Waals surface area contributed by atoms with Crippen LogP contribution < -0.4 is 5.32 Å². The van der Waals surface area contributed by atoms with Crippen molar-refractivity contribution in [1.82, 2.24) is 5.32 Å². The van der Waals surface area contributed by atoms with E-state index in [1.54, 1.807) is 0 Å². The van der Waals surface area contributed by atoms with Gasteiger partial charge < -0.3 is 5.32 Å². The summed E-state index contributed by atoms with van der Waals surface area (Å²) < 4.78 is 0. The van der Waals surface area contributed by atoms with Gasteiger partial charge in [0.2, 0.25) is 0 Å². The van der Waals surface area contributed by atoms with Gasteiger partial charge >= 0.3 is 0 Å². The summed E-state index contributed by atoms with van der Waals surface area (Å²) in [5, 5.41) is 4.28. The fourth-order valence-electron chi connectivity index (χ4n) is 1.84. The average molecular weight is 242 g/mol. The van der Waals surface area contributed by atoms with E-state index in [-0.39, 0.29) is 0 Å². The molecule has 1 aromatic rings. The largest absolute Gasteiger partial charge is 0.316 e. The van der Waals surface area contributed by atoms with Crippen LogP contribution in [0.5, 0.6) is 0 Å². The highest BCUT2D eigenvalue weighted by atomic mass is 35.5. The van der Waals surface area contributed by atoms with Crippen molar-refractivity contribution in [3.8, 4) is 0 Å². The van der Waals surface area contributed by atoms with E-state index in [1.807, 2.05) is 30.0 Å². The molecule has 15 heavy (non-hydrogen) atoms. The molecule has 82 valence electrons. The van der Waals surface area contributed by atoms with Gasteiger partial charge in [-0.25, -0.2) is 0 Å². The van der Waals surface area contributed by atoms with Crippen LogP contribution in [0.2, 0.25) is 5.02 Å². The summed E-state index contributed by atoms with van der Waals surface area (Å²) >= 11 is 7.86. The maximum Gasteiger partial charge on any atom is 0.0417 e. The Morgan fingerprint density at radius 2 is 2.40 bits per heavy atom. The van der Waals surface area contributed by atoms with Crippen LogP contribution in [-0.4, -0.2) is 18.8 Å². The van der Waals surface area contributed by atoms with Crippen molar-refractivity contribution >= 4 is 23.4 Å². The quantitative estimate of drug-likeness (QED) is 0.814. The molecule has 1 aliphatic rings. The Bertz CT molecular complexity index is 310. The van der Waals surface area contributed by atoms with Gasteiger partial charge in [-0.3, -0.25) is 0 Å². The predicted molar refractivity (Wildman–Crippen MR) is 67.8 cm³/mol. The smallest absolute Gasteiger partial charge is 0.0417 e. The summed E-state index contributed by atoms with van der Waals surface area (Å²) in [4.78, 5) is 1.29. The highest BCUT2D eigenvalue weighted by Crippen LogP contribution is 2.25. The van der Waals surface area contributed by atoms with Crippen molar-refractivity contribution in [3.05, 3.63) is 29.3 Å². The molecule has 1 aromatic carbocycles. The zero-order valence-corrected chi connectivity index (χ0v) is 10.3. The molecule has 1 nitrogen and oxygen atoms in total. The van der Waals surface area contributed by atoms with Gasteiger partial charge in [-0.15, -0.1) is 11.8 Å². The molecule has 1 aliphatic heterocycles. The first-order valence-corrected chi connectivity index (χ1v) is 6.80. The molecule has 1 saturated heterocycles. The van der Waals surface area contributed by atoms with Crippen LogP contribution in [0.3, 0.4) is 0 Å². The van der Waals surface area contributed by atoms with E-state index in [9.17, 15) is 0 Å². The van der Waals surface area contributed by atoms with Gasteiger partial charge in [0.05, 0.1) is 0 Å². The molecule has 0 saturated carbocycles. The van der Waals surface area contributed by atoms with Crippen molar-refractivity contribution in [2.75, 3.05) is 18.8 Å². The molecule has 0 aliphatic carbocycles. The first-order valence-electron chi connectivity index (χ1n) is 5.44. The number of benzene rings is 1. The first-order chi connectivity index (χ1) is 7.34. The highest BCUT2D eigenvalue weighted by Gasteiger charge is 2.12. The topological polar surface area (TPSA) is 12.0 Å². The Labute approximate surface area is 101 Å². The summed E-state index contributed by atoms with van der Waals surface area (Å²) in [6.07, 6.45) is 2.68. The summed E-state index contributed by atoms with van der Waals surface area (Å²) in [6.45, 7) is 2.37. The average Bonchev–Trinajstić information content (AvgIpc) is 2.28. The number of nitrogens with one attached hydrogen (secondary N) is 1. The van der Waals surface area contributed by atoms with Crippen LogP contribution in [0, 0.1) is 5.92 Å². The van der Waals surface area contributed by atoms with Crippen molar-refractivity contribution in [3.63, 3.8) is 0 Å². The van der Waals surface area contributed by atoms with Crippen LogP contribution in [0.1, 0.15) is 12.8 Å². The number of hydrogen-bond donors (Lipinski definition) is 1. The Hall–Kier alpha value is -0.180. The summed E-state index contributed by atoms with van der Waals surface area (Å²) in [5.74, 6) is 2.02. The molecular weight excluding hydrogens is 226 g/mol. The second kappa shape index (κ2) is 5.78. The zero-order valence-electron chi connectivity index (χ0n) is 8.71. The molecule has 0 spiro atoms. The van der Waals surface area contributed by atoms with Crippen LogP contribution >= 0.6 is 23.4 Å². The third-order valence-electron chi connectivity index (χ3n) is 2.68. The Balaban J connectivity index is 1.81. The molecule has 0 aromatic heterocycles. The van der Waals surface area contributed by atoms with E-state index < -0.39 is 0 Å². The Morgan fingerprint density at radius 3 is 3.13 bits per heavy atom. The molecule has 0 bridgehead atoms. The van der Waals surface area contributed by atoms with E-state index in [1.165, 1.54) is 36.6 Å². The van der Waals surface area contributed by atoms with E-state index in [0.29, 0.717) is 0 Å². The predicted octanol–water partition coefficient (Wildman–Crippen LogP) is 3.43. The van der Waals surface area contributed by atoms with Gasteiger partial charge in [0.15, 0.2) is 0 Å². The number of rotatable bonds is 3. The van der Waals surface area contributed by atoms with Gasteiger partial charge in [-0.1, -0.05) is 17.7 Å². The molecule has 1 N–H and O–H groups in total. The molecule has 2 rings (SSSR count). The molecule has 0 radical (unpaired) electrons. The molecule has 0 unspecified atom stereocenters. The lowest BCUT2D eigenvalue weighted by molar-refractivity contribution is 0.410. The fraction of sp³-hybridized carbons (Fsp3) is 0.500. The summed E-state index contributed by atoms with van der Waals surface area (Å²) in [6, 6.07) is 8.12. The SMILES string of the molecule is Clc1cccc(SC[C@H]2CCCNC2)c1. The van der Waals surface area contributed by atoms with Crippen molar-refractivity contribution in [2.24, 2.45) is 5.92 Å². The third-order valence-corrected chi connectivity index (χ3v) is 4.14. The maximum atomic E-state index is 5.94. The van der Waals surface area contributed by atoms with Crippen LogP contribution in [0.4, 0.5) is 0 Å². The molecule has 0 amide bonds. The lowest BCUT2D eigenvalue weighted by Crippen LogP contribution is -2.30. The lowest BCUT2D eigenvalue weighted by atomic mass is 10.0. The Morgan fingerprint density at radius 1 is 1.47 bits per heavy atom. The number of halogens is 1. The summed E-state index contributed by atoms with van der Waals surface area (Å²) in [7, 11) is 0. The highest BCUT2D eigenvalue weighted by molar-refractivity contribution is 7.99. The number of thioether (sulfide) groups is 1. The van der Waals surface area contributed by atoms with Gasteiger partial charge in [0.1, 0.15) is 0 Å². The molecule has 3 heteroatoms. The van der Waals surface area contributed by atoms with Crippen LogP contribution in [0.15, 0.2) is 29.2 Å². The van der Waals surface area contributed by atoms with Crippen molar-refractivity contribution in [1.29, 1.82) is 0 Å². The minimum absolute atomic E-state index is 0.822. The van der Waals surface area contributed by atoms with Gasteiger partial charge in [0, 0.05) is 15.7 Å². The number of piperidine rings is 1.